The number of fused-ring (bicyclic) bond motifs is 3. The van der Waals surface area contributed by atoms with Crippen LogP contribution in [0, 0.1) is 0 Å². The minimum absolute atomic E-state index is 0.275. The Morgan fingerprint density at radius 1 is 0.700 bits per heavy atom. The Morgan fingerprint density at radius 3 is 2.00 bits per heavy atom. The number of nitrogens with zero attached hydrogens (tertiary/aromatic N) is 1. The Balaban J connectivity index is 1.62. The van der Waals surface area contributed by atoms with E-state index in [1.54, 1.807) is 0 Å². The summed E-state index contributed by atoms with van der Waals surface area (Å²) < 4.78 is 0. The standard InChI is InChI=1S/C28H23NO/c30-26-18-25-10-5-15-29(25)28(24-14-12-20-7-2-4-9-22(20)17-24)27(26)23-13-11-19-6-1-3-8-21(19)16-23/h1-4,6-9,11-14,16-17,25H,5,10,15,18H2/t25-/m1/s1. The van der Waals surface area contributed by atoms with Crippen molar-refractivity contribution in [2.45, 2.75) is 25.3 Å². The molecular formula is C28H23NO. The van der Waals surface area contributed by atoms with E-state index in [0.29, 0.717) is 12.5 Å². The zero-order valence-electron chi connectivity index (χ0n) is 16.8. The van der Waals surface area contributed by atoms with E-state index in [1.807, 2.05) is 0 Å². The van der Waals surface area contributed by atoms with Gasteiger partial charge in [0, 0.05) is 24.6 Å². The predicted molar refractivity (Wildman–Crippen MR) is 124 cm³/mol. The Kier molecular flexibility index (Phi) is 3.98. The topological polar surface area (TPSA) is 20.3 Å². The molecule has 0 aromatic heterocycles. The molecule has 1 saturated heterocycles. The molecule has 2 heteroatoms. The molecule has 0 aliphatic carbocycles. The molecule has 6 rings (SSSR count). The molecule has 30 heavy (non-hydrogen) atoms. The number of Topliss-reactive ketones (excluding diaryl/α,β-unsaturated/α-hetero) is 1. The normalized spacial score (nSPS) is 19.0. The zero-order chi connectivity index (χ0) is 20.1. The second-order valence-corrected chi connectivity index (χ2v) is 8.46. The summed E-state index contributed by atoms with van der Waals surface area (Å²) in [6.07, 6.45) is 2.88. The maximum atomic E-state index is 13.4. The average molecular weight is 389 g/mol. The van der Waals surface area contributed by atoms with E-state index >= 15 is 0 Å². The Bertz CT molecular complexity index is 1330. The second kappa shape index (κ2) is 6.84. The molecule has 2 aliphatic heterocycles. The third-order valence-corrected chi connectivity index (χ3v) is 6.66. The van der Waals surface area contributed by atoms with Gasteiger partial charge >= 0.3 is 0 Å². The molecule has 1 fully saturated rings. The molecule has 0 saturated carbocycles. The highest BCUT2D eigenvalue weighted by atomic mass is 16.1. The summed E-state index contributed by atoms with van der Waals surface area (Å²) in [4.78, 5) is 15.9. The van der Waals surface area contributed by atoms with E-state index in [4.69, 9.17) is 0 Å². The van der Waals surface area contributed by atoms with Crippen LogP contribution in [-0.2, 0) is 4.79 Å². The maximum Gasteiger partial charge on any atom is 0.167 e. The number of carbonyl (C=O) groups is 1. The van der Waals surface area contributed by atoms with Gasteiger partial charge in [0.2, 0.25) is 0 Å². The second-order valence-electron chi connectivity index (χ2n) is 8.46. The van der Waals surface area contributed by atoms with Gasteiger partial charge < -0.3 is 4.90 Å². The van der Waals surface area contributed by atoms with Crippen LogP contribution >= 0.6 is 0 Å². The average Bonchev–Trinajstić information content (AvgIpc) is 3.25. The number of benzene rings is 4. The summed E-state index contributed by atoms with van der Waals surface area (Å²) >= 11 is 0. The van der Waals surface area contributed by atoms with Gasteiger partial charge in [-0.2, -0.15) is 0 Å². The van der Waals surface area contributed by atoms with Crippen molar-refractivity contribution in [1.82, 2.24) is 4.90 Å². The van der Waals surface area contributed by atoms with Gasteiger partial charge in [-0.3, -0.25) is 4.79 Å². The molecule has 2 nitrogen and oxygen atoms in total. The number of ketones is 1. The first-order chi connectivity index (χ1) is 14.8. The molecule has 1 atom stereocenters. The van der Waals surface area contributed by atoms with Crippen molar-refractivity contribution in [3.63, 3.8) is 0 Å². The van der Waals surface area contributed by atoms with Crippen molar-refractivity contribution in [2.24, 2.45) is 0 Å². The van der Waals surface area contributed by atoms with E-state index in [-0.39, 0.29) is 5.78 Å². The van der Waals surface area contributed by atoms with Gasteiger partial charge in [0.15, 0.2) is 5.78 Å². The largest absolute Gasteiger partial charge is 0.367 e. The van der Waals surface area contributed by atoms with E-state index in [0.717, 1.165) is 41.8 Å². The molecule has 146 valence electrons. The lowest BCUT2D eigenvalue weighted by molar-refractivity contribution is -0.114. The molecule has 0 amide bonds. The van der Waals surface area contributed by atoms with Crippen molar-refractivity contribution in [3.8, 4) is 0 Å². The first-order valence-corrected chi connectivity index (χ1v) is 10.8. The number of allylic oxidation sites excluding steroid dienone is 1. The van der Waals surface area contributed by atoms with Crippen molar-refractivity contribution >= 4 is 38.6 Å². The Hall–Kier alpha value is -3.39. The molecule has 2 heterocycles. The van der Waals surface area contributed by atoms with E-state index in [1.165, 1.54) is 21.5 Å². The van der Waals surface area contributed by atoms with E-state index in [2.05, 4.69) is 89.8 Å². The molecule has 4 aromatic rings. The Labute approximate surface area is 176 Å². The van der Waals surface area contributed by atoms with Gasteiger partial charge in [0.05, 0.1) is 5.70 Å². The smallest absolute Gasteiger partial charge is 0.167 e. The Morgan fingerprint density at radius 2 is 1.30 bits per heavy atom. The SMILES string of the molecule is O=C1C[C@H]2CCCN2C(c2ccc3ccccc3c2)=C1c1ccc2ccccc2c1. The van der Waals surface area contributed by atoms with Crippen LogP contribution < -0.4 is 0 Å². The molecular weight excluding hydrogens is 366 g/mol. The van der Waals surface area contributed by atoms with Crippen LogP contribution in [0.5, 0.6) is 0 Å². The number of hydrogen-bond acceptors (Lipinski definition) is 2. The van der Waals surface area contributed by atoms with Crippen molar-refractivity contribution in [3.05, 3.63) is 96.1 Å². The maximum absolute atomic E-state index is 13.4. The van der Waals surface area contributed by atoms with E-state index < -0.39 is 0 Å². The van der Waals surface area contributed by atoms with Crippen LogP contribution in [0.25, 0.3) is 32.8 Å². The lowest BCUT2D eigenvalue weighted by Gasteiger charge is -2.36. The quantitative estimate of drug-likeness (QED) is 0.401. The van der Waals surface area contributed by atoms with Gasteiger partial charge in [-0.05, 0) is 57.6 Å². The monoisotopic (exact) mass is 389 g/mol. The molecule has 0 radical (unpaired) electrons. The fourth-order valence-electron chi connectivity index (χ4n) is 5.22. The van der Waals surface area contributed by atoms with E-state index in [9.17, 15) is 4.79 Å². The first-order valence-electron chi connectivity index (χ1n) is 10.8. The van der Waals surface area contributed by atoms with Gasteiger partial charge in [0.1, 0.15) is 0 Å². The summed E-state index contributed by atoms with van der Waals surface area (Å²) in [5.41, 5.74) is 4.19. The van der Waals surface area contributed by atoms with Gasteiger partial charge in [-0.1, -0.05) is 72.8 Å². The highest BCUT2D eigenvalue weighted by Gasteiger charge is 2.37. The van der Waals surface area contributed by atoms with Gasteiger partial charge in [-0.25, -0.2) is 0 Å². The first kappa shape index (κ1) is 17.5. The van der Waals surface area contributed by atoms with Crippen LogP contribution in [0.3, 0.4) is 0 Å². The number of carbonyl (C=O) groups excluding carboxylic acids is 1. The lowest BCUT2D eigenvalue weighted by atomic mass is 9.86. The molecule has 2 aliphatic rings. The van der Waals surface area contributed by atoms with Crippen LogP contribution in [0.1, 0.15) is 30.4 Å². The highest BCUT2D eigenvalue weighted by Crippen LogP contribution is 2.42. The summed E-state index contributed by atoms with van der Waals surface area (Å²) in [6, 6.07) is 30.2. The molecule has 0 N–H and O–H groups in total. The van der Waals surface area contributed by atoms with Crippen LogP contribution in [0.4, 0.5) is 0 Å². The predicted octanol–water partition coefficient (Wildman–Crippen LogP) is 6.30. The lowest BCUT2D eigenvalue weighted by Crippen LogP contribution is -2.36. The summed E-state index contributed by atoms with van der Waals surface area (Å²) in [5.74, 6) is 0.275. The van der Waals surface area contributed by atoms with Gasteiger partial charge in [0.25, 0.3) is 0 Å². The molecule has 0 unspecified atom stereocenters. The fraction of sp³-hybridized carbons (Fsp3) is 0.179. The van der Waals surface area contributed by atoms with Crippen molar-refractivity contribution < 1.29 is 4.79 Å². The van der Waals surface area contributed by atoms with Gasteiger partial charge in [-0.15, -0.1) is 0 Å². The minimum Gasteiger partial charge on any atom is -0.367 e. The fourth-order valence-corrected chi connectivity index (χ4v) is 5.22. The third kappa shape index (κ3) is 2.75. The van der Waals surface area contributed by atoms with Crippen LogP contribution in [0.2, 0.25) is 0 Å². The minimum atomic E-state index is 0.275. The zero-order valence-corrected chi connectivity index (χ0v) is 16.8. The summed E-state index contributed by atoms with van der Waals surface area (Å²) in [6.45, 7) is 1.02. The number of hydrogen-bond donors (Lipinski definition) is 0. The summed E-state index contributed by atoms with van der Waals surface area (Å²) in [5, 5.41) is 4.83. The van der Waals surface area contributed by atoms with Crippen molar-refractivity contribution in [2.75, 3.05) is 6.54 Å². The van der Waals surface area contributed by atoms with Crippen LogP contribution in [0.15, 0.2) is 84.9 Å². The van der Waals surface area contributed by atoms with Crippen molar-refractivity contribution in [1.29, 1.82) is 0 Å². The molecule has 0 spiro atoms. The highest BCUT2D eigenvalue weighted by molar-refractivity contribution is 6.29. The third-order valence-electron chi connectivity index (χ3n) is 6.66. The number of rotatable bonds is 2. The molecule has 0 bridgehead atoms. The molecule has 4 aromatic carbocycles. The summed E-state index contributed by atoms with van der Waals surface area (Å²) in [7, 11) is 0. The van der Waals surface area contributed by atoms with Crippen LogP contribution in [-0.4, -0.2) is 23.3 Å².